The maximum absolute atomic E-state index is 13.1. The van der Waals surface area contributed by atoms with Gasteiger partial charge in [-0.25, -0.2) is 8.78 Å². The average Bonchev–Trinajstić information content (AvgIpc) is 2.56. The molecule has 0 heterocycles. The number of hydrogen-bond donors (Lipinski definition) is 1. The van der Waals surface area contributed by atoms with Crippen LogP contribution < -0.4 is 5.73 Å². The lowest BCUT2D eigenvalue weighted by atomic mass is 9.94. The van der Waals surface area contributed by atoms with Crippen molar-refractivity contribution in [2.75, 3.05) is 0 Å². The zero-order valence-electron chi connectivity index (χ0n) is 9.80. The van der Waals surface area contributed by atoms with Crippen LogP contribution in [-0.2, 0) is 0 Å². The fraction of sp³-hybridized carbons (Fsp3) is 0.538. The van der Waals surface area contributed by atoms with Crippen molar-refractivity contribution in [1.29, 1.82) is 0 Å². The Kier molecular flexibility index (Phi) is 4.29. The predicted molar refractivity (Wildman–Crippen MR) is 73.0 cm³/mol. The minimum Gasteiger partial charge on any atom is -0.324 e. The van der Waals surface area contributed by atoms with Gasteiger partial charge in [0.15, 0.2) is 0 Å². The third kappa shape index (κ3) is 3.65. The zero-order valence-corrected chi connectivity index (χ0v) is 12.1. The van der Waals surface area contributed by atoms with Crippen LogP contribution in [-0.4, -0.2) is 5.92 Å². The Morgan fingerprint density at radius 1 is 1.44 bits per heavy atom. The van der Waals surface area contributed by atoms with E-state index in [4.69, 9.17) is 17.3 Å². The molecule has 1 aliphatic carbocycles. The van der Waals surface area contributed by atoms with Gasteiger partial charge in [-0.05, 0) is 42.5 Å². The van der Waals surface area contributed by atoms with E-state index in [1.54, 1.807) is 12.1 Å². The zero-order chi connectivity index (χ0) is 13.3. The van der Waals surface area contributed by atoms with Crippen molar-refractivity contribution in [3.8, 4) is 0 Å². The standard InChI is InChI=1S/C13H15BrClF2N/c14-10-4-9(5-11(15)6-10)12(18)3-8-1-2-13(16,17)7-8/h4-6,8,12H,1-3,7,18H2. The summed E-state index contributed by atoms with van der Waals surface area (Å²) in [5, 5.41) is 0.603. The van der Waals surface area contributed by atoms with Gasteiger partial charge in [-0.15, -0.1) is 0 Å². The van der Waals surface area contributed by atoms with Gasteiger partial charge in [-0.2, -0.15) is 0 Å². The molecule has 0 aliphatic heterocycles. The second kappa shape index (κ2) is 5.43. The Bertz CT molecular complexity index is 419. The van der Waals surface area contributed by atoms with Crippen LogP contribution in [0.5, 0.6) is 0 Å². The summed E-state index contributed by atoms with van der Waals surface area (Å²) in [5.74, 6) is -2.49. The van der Waals surface area contributed by atoms with Crippen LogP contribution >= 0.6 is 27.5 Å². The third-order valence-corrected chi connectivity index (χ3v) is 4.08. The maximum Gasteiger partial charge on any atom is 0.248 e. The van der Waals surface area contributed by atoms with E-state index < -0.39 is 5.92 Å². The van der Waals surface area contributed by atoms with E-state index in [-0.39, 0.29) is 24.8 Å². The molecule has 1 aliphatic rings. The van der Waals surface area contributed by atoms with Crippen LogP contribution in [0.2, 0.25) is 5.02 Å². The summed E-state index contributed by atoms with van der Waals surface area (Å²) in [6.07, 6.45) is 1.09. The van der Waals surface area contributed by atoms with Crippen LogP contribution in [0.3, 0.4) is 0 Å². The van der Waals surface area contributed by atoms with E-state index in [0.29, 0.717) is 17.9 Å². The third-order valence-electron chi connectivity index (χ3n) is 3.41. The number of hydrogen-bond acceptors (Lipinski definition) is 1. The molecule has 5 heteroatoms. The number of nitrogens with two attached hydrogens (primary N) is 1. The summed E-state index contributed by atoms with van der Waals surface area (Å²) in [7, 11) is 0. The highest BCUT2D eigenvalue weighted by atomic mass is 79.9. The highest BCUT2D eigenvalue weighted by Crippen LogP contribution is 2.42. The highest BCUT2D eigenvalue weighted by Gasteiger charge is 2.39. The SMILES string of the molecule is NC(CC1CCC(F)(F)C1)c1cc(Cl)cc(Br)c1. The van der Waals surface area contributed by atoms with Crippen LogP contribution in [0.4, 0.5) is 8.78 Å². The van der Waals surface area contributed by atoms with Crippen molar-refractivity contribution in [2.45, 2.75) is 37.6 Å². The van der Waals surface area contributed by atoms with E-state index >= 15 is 0 Å². The largest absolute Gasteiger partial charge is 0.324 e. The van der Waals surface area contributed by atoms with Crippen molar-refractivity contribution in [1.82, 2.24) is 0 Å². The van der Waals surface area contributed by atoms with E-state index in [1.807, 2.05) is 6.07 Å². The minimum absolute atomic E-state index is 0.00718. The molecule has 1 aromatic rings. The molecule has 1 saturated carbocycles. The first-order chi connectivity index (χ1) is 8.35. The smallest absolute Gasteiger partial charge is 0.248 e. The Morgan fingerprint density at radius 3 is 2.72 bits per heavy atom. The average molecular weight is 339 g/mol. The first kappa shape index (κ1) is 14.2. The summed E-state index contributed by atoms with van der Waals surface area (Å²) >= 11 is 9.30. The van der Waals surface area contributed by atoms with E-state index in [2.05, 4.69) is 15.9 Å². The minimum atomic E-state index is -2.50. The van der Waals surface area contributed by atoms with Gasteiger partial charge in [0, 0.05) is 28.4 Å². The molecule has 0 saturated heterocycles. The summed E-state index contributed by atoms with van der Waals surface area (Å²) in [5.41, 5.74) is 6.97. The summed E-state index contributed by atoms with van der Waals surface area (Å²) < 4.78 is 27.1. The second-order valence-electron chi connectivity index (χ2n) is 5.01. The molecular formula is C13H15BrClF2N. The maximum atomic E-state index is 13.1. The molecule has 2 N–H and O–H groups in total. The van der Waals surface area contributed by atoms with Crippen molar-refractivity contribution < 1.29 is 8.78 Å². The number of rotatable bonds is 3. The van der Waals surface area contributed by atoms with Crippen molar-refractivity contribution in [2.24, 2.45) is 11.7 Å². The first-order valence-corrected chi connectivity index (χ1v) is 7.12. The lowest BCUT2D eigenvalue weighted by Crippen LogP contribution is -2.16. The molecule has 1 nitrogen and oxygen atoms in total. The monoisotopic (exact) mass is 337 g/mol. The topological polar surface area (TPSA) is 26.0 Å². The van der Waals surface area contributed by atoms with Crippen LogP contribution in [0.1, 0.15) is 37.3 Å². The molecule has 0 bridgehead atoms. The molecule has 2 atom stereocenters. The molecule has 100 valence electrons. The normalized spacial score (nSPS) is 24.2. The van der Waals surface area contributed by atoms with Gasteiger partial charge in [-0.3, -0.25) is 0 Å². The molecule has 18 heavy (non-hydrogen) atoms. The van der Waals surface area contributed by atoms with Gasteiger partial charge in [0.1, 0.15) is 0 Å². The second-order valence-corrected chi connectivity index (χ2v) is 6.36. The molecular weight excluding hydrogens is 324 g/mol. The summed E-state index contributed by atoms with van der Waals surface area (Å²) in [6.45, 7) is 0. The lowest BCUT2D eigenvalue weighted by molar-refractivity contribution is 0.00446. The van der Waals surface area contributed by atoms with Gasteiger partial charge in [0.25, 0.3) is 0 Å². The Hall–Kier alpha value is -0.190. The molecule has 1 aromatic carbocycles. The fourth-order valence-electron chi connectivity index (χ4n) is 2.53. The molecule has 1 fully saturated rings. The van der Waals surface area contributed by atoms with Gasteiger partial charge >= 0.3 is 0 Å². The predicted octanol–water partition coefficient (Wildman–Crippen LogP) is 4.93. The number of halogens is 4. The Morgan fingerprint density at radius 2 is 2.17 bits per heavy atom. The molecule has 2 rings (SSSR count). The van der Waals surface area contributed by atoms with E-state index in [0.717, 1.165) is 10.0 Å². The Balaban J connectivity index is 2.01. The van der Waals surface area contributed by atoms with Gasteiger partial charge in [0.2, 0.25) is 5.92 Å². The number of benzene rings is 1. The van der Waals surface area contributed by atoms with Crippen molar-refractivity contribution in [3.05, 3.63) is 33.3 Å². The molecule has 0 spiro atoms. The van der Waals surface area contributed by atoms with Crippen molar-refractivity contribution in [3.63, 3.8) is 0 Å². The van der Waals surface area contributed by atoms with Gasteiger partial charge in [0.05, 0.1) is 0 Å². The van der Waals surface area contributed by atoms with Crippen LogP contribution in [0, 0.1) is 5.92 Å². The summed E-state index contributed by atoms with van der Waals surface area (Å²) in [4.78, 5) is 0. The van der Waals surface area contributed by atoms with E-state index in [9.17, 15) is 8.78 Å². The number of alkyl halides is 2. The van der Waals surface area contributed by atoms with Crippen LogP contribution in [0.15, 0.2) is 22.7 Å². The molecule has 0 radical (unpaired) electrons. The fourth-order valence-corrected chi connectivity index (χ4v) is 3.41. The first-order valence-electron chi connectivity index (χ1n) is 5.95. The summed E-state index contributed by atoms with van der Waals surface area (Å²) in [6, 6.07) is 5.23. The van der Waals surface area contributed by atoms with E-state index in [1.165, 1.54) is 0 Å². The van der Waals surface area contributed by atoms with Gasteiger partial charge in [-0.1, -0.05) is 27.5 Å². The van der Waals surface area contributed by atoms with Crippen molar-refractivity contribution >= 4 is 27.5 Å². The quantitative estimate of drug-likeness (QED) is 0.831. The van der Waals surface area contributed by atoms with Gasteiger partial charge < -0.3 is 5.73 Å². The molecule has 0 amide bonds. The molecule has 0 aromatic heterocycles. The lowest BCUT2D eigenvalue weighted by Gasteiger charge is -2.17. The Labute approximate surface area is 119 Å². The highest BCUT2D eigenvalue weighted by molar-refractivity contribution is 9.10. The molecule has 2 unspecified atom stereocenters. The van der Waals surface area contributed by atoms with Crippen LogP contribution in [0.25, 0.3) is 0 Å².